The van der Waals surface area contributed by atoms with E-state index in [9.17, 15) is 14.0 Å². The van der Waals surface area contributed by atoms with Gasteiger partial charge in [0.1, 0.15) is 17.3 Å². The molecule has 1 N–H and O–H groups in total. The summed E-state index contributed by atoms with van der Waals surface area (Å²) >= 11 is 17.4. The number of rotatable bonds is 10. The Bertz CT molecular complexity index is 972. The minimum atomic E-state index is -0.576. The third kappa shape index (κ3) is 8.28. The van der Waals surface area contributed by atoms with Crippen LogP contribution in [0.1, 0.15) is 6.42 Å². The second kappa shape index (κ2) is 11.8. The highest BCUT2D eigenvalue weighted by Crippen LogP contribution is 2.26. The molecular formula is C21H20Cl3FN2O4. The summed E-state index contributed by atoms with van der Waals surface area (Å²) in [5.41, 5.74) is 0.413. The van der Waals surface area contributed by atoms with Gasteiger partial charge in [0, 0.05) is 37.8 Å². The lowest BCUT2D eigenvalue weighted by molar-refractivity contribution is -0.132. The second-order valence-electron chi connectivity index (χ2n) is 6.45. The van der Waals surface area contributed by atoms with E-state index in [4.69, 9.17) is 44.3 Å². The largest absolute Gasteiger partial charge is 0.484 e. The first-order valence-electron chi connectivity index (χ1n) is 9.03. The van der Waals surface area contributed by atoms with Gasteiger partial charge in [-0.05, 0) is 24.3 Å². The van der Waals surface area contributed by atoms with Crippen LogP contribution in [0.15, 0.2) is 48.7 Å². The van der Waals surface area contributed by atoms with E-state index in [0.29, 0.717) is 34.5 Å². The summed E-state index contributed by atoms with van der Waals surface area (Å²) in [5, 5.41) is 3.20. The van der Waals surface area contributed by atoms with Crippen molar-refractivity contribution in [3.8, 4) is 11.5 Å². The Labute approximate surface area is 194 Å². The van der Waals surface area contributed by atoms with E-state index < -0.39 is 11.7 Å². The Kier molecular flexibility index (Phi) is 9.43. The summed E-state index contributed by atoms with van der Waals surface area (Å²) in [6.45, 7) is 3.60. The predicted molar refractivity (Wildman–Crippen MR) is 118 cm³/mol. The highest BCUT2D eigenvalue weighted by atomic mass is 35.5. The Morgan fingerprint density at radius 1 is 1.00 bits per heavy atom. The lowest BCUT2D eigenvalue weighted by Gasteiger charge is -2.18. The summed E-state index contributed by atoms with van der Waals surface area (Å²) < 4.78 is 23.8. The number of halogens is 4. The van der Waals surface area contributed by atoms with Crippen LogP contribution in [-0.2, 0) is 9.59 Å². The van der Waals surface area contributed by atoms with Crippen LogP contribution in [0, 0.1) is 5.82 Å². The Morgan fingerprint density at radius 3 is 2.26 bits per heavy atom. The number of carbonyl (C=O) groups is 2. The molecule has 2 aromatic carbocycles. The summed E-state index contributed by atoms with van der Waals surface area (Å²) in [7, 11) is 1.61. The maximum atomic E-state index is 13.1. The average Bonchev–Trinajstić information content (AvgIpc) is 2.73. The van der Waals surface area contributed by atoms with Crippen molar-refractivity contribution in [3.63, 3.8) is 0 Å². The van der Waals surface area contributed by atoms with Gasteiger partial charge in [-0.3, -0.25) is 9.59 Å². The molecule has 166 valence electrons. The molecule has 10 heteroatoms. The Balaban J connectivity index is 1.68. The maximum Gasteiger partial charge on any atom is 0.262 e. The Morgan fingerprint density at radius 2 is 1.61 bits per heavy atom. The fraction of sp³-hybridized carbons (Fsp3) is 0.238. The fourth-order valence-electron chi connectivity index (χ4n) is 2.26. The van der Waals surface area contributed by atoms with Crippen molar-refractivity contribution in [3.05, 3.63) is 69.6 Å². The van der Waals surface area contributed by atoms with E-state index in [1.54, 1.807) is 19.2 Å². The van der Waals surface area contributed by atoms with Gasteiger partial charge in [-0.1, -0.05) is 41.4 Å². The highest BCUT2D eigenvalue weighted by molar-refractivity contribution is 6.42. The minimum absolute atomic E-state index is 0.0989. The van der Waals surface area contributed by atoms with Gasteiger partial charge in [0.05, 0.1) is 15.1 Å². The van der Waals surface area contributed by atoms with Crippen molar-refractivity contribution < 1.29 is 23.5 Å². The summed E-state index contributed by atoms with van der Waals surface area (Å²) in [6, 6.07) is 8.50. The van der Waals surface area contributed by atoms with E-state index in [1.165, 1.54) is 23.1 Å². The van der Waals surface area contributed by atoms with E-state index in [-0.39, 0.29) is 29.9 Å². The van der Waals surface area contributed by atoms with E-state index >= 15 is 0 Å². The summed E-state index contributed by atoms with van der Waals surface area (Å²) in [5.74, 6) is -0.591. The first-order chi connectivity index (χ1) is 14.7. The normalized spacial score (nSPS) is 10.4. The van der Waals surface area contributed by atoms with E-state index in [1.807, 2.05) is 0 Å². The zero-order chi connectivity index (χ0) is 23.0. The zero-order valence-electron chi connectivity index (χ0n) is 16.6. The number of likely N-dealkylation sites (N-methyl/N-ethyl adjacent to an activating group) is 1. The molecule has 0 spiro atoms. The number of nitrogens with one attached hydrogen (secondary N) is 1. The standard InChI is InChI=1S/C21H20Cl3FN2O4/c1-13(26-20(28)11-30-15-4-6-19(25)18(24)10-15)7-8-27(2)21(29)12-31-14-3-5-16(22)17(23)9-14/h3-6,9-10H,1,7-8,11-12H2,2H3,(H,26,28). The van der Waals surface area contributed by atoms with Crippen LogP contribution in [0.5, 0.6) is 11.5 Å². The van der Waals surface area contributed by atoms with Gasteiger partial charge in [0.25, 0.3) is 11.8 Å². The molecule has 0 aromatic heterocycles. The molecule has 0 bridgehead atoms. The van der Waals surface area contributed by atoms with Gasteiger partial charge in [-0.2, -0.15) is 0 Å². The van der Waals surface area contributed by atoms with Crippen LogP contribution in [-0.4, -0.2) is 43.5 Å². The van der Waals surface area contributed by atoms with Crippen LogP contribution < -0.4 is 14.8 Å². The maximum absolute atomic E-state index is 13.1. The molecule has 6 nitrogen and oxygen atoms in total. The molecule has 0 atom stereocenters. The van der Waals surface area contributed by atoms with Crippen LogP contribution in [0.25, 0.3) is 0 Å². The lowest BCUT2D eigenvalue weighted by atomic mass is 10.3. The van der Waals surface area contributed by atoms with Gasteiger partial charge < -0.3 is 19.7 Å². The monoisotopic (exact) mass is 488 g/mol. The third-order valence-electron chi connectivity index (χ3n) is 4.01. The molecule has 31 heavy (non-hydrogen) atoms. The number of hydrogen-bond donors (Lipinski definition) is 1. The minimum Gasteiger partial charge on any atom is -0.484 e. The molecule has 2 rings (SSSR count). The topological polar surface area (TPSA) is 67.9 Å². The van der Waals surface area contributed by atoms with Crippen molar-refractivity contribution >= 4 is 46.6 Å². The molecule has 0 unspecified atom stereocenters. The molecule has 0 saturated carbocycles. The smallest absolute Gasteiger partial charge is 0.262 e. The molecule has 0 fully saturated rings. The van der Waals surface area contributed by atoms with Crippen LogP contribution in [0.4, 0.5) is 4.39 Å². The Hall–Kier alpha value is -2.48. The first-order valence-corrected chi connectivity index (χ1v) is 10.2. The molecule has 2 aromatic rings. The van der Waals surface area contributed by atoms with E-state index in [0.717, 1.165) is 6.07 Å². The van der Waals surface area contributed by atoms with Crippen molar-refractivity contribution in [1.29, 1.82) is 0 Å². The molecule has 0 heterocycles. The summed E-state index contributed by atoms with van der Waals surface area (Å²) in [4.78, 5) is 25.6. The number of nitrogens with zero attached hydrogens (tertiary/aromatic N) is 1. The van der Waals surface area contributed by atoms with Crippen molar-refractivity contribution in [2.24, 2.45) is 0 Å². The fourth-order valence-corrected chi connectivity index (χ4v) is 2.72. The quantitative estimate of drug-likeness (QED) is 0.524. The SMILES string of the molecule is C=C(CCN(C)C(=O)COc1ccc(Cl)c(Cl)c1)NC(=O)COc1ccc(F)c(Cl)c1. The molecule has 2 amide bonds. The third-order valence-corrected chi connectivity index (χ3v) is 5.03. The van der Waals surface area contributed by atoms with Crippen LogP contribution in [0.2, 0.25) is 15.1 Å². The molecule has 0 radical (unpaired) electrons. The summed E-state index contributed by atoms with van der Waals surface area (Å²) in [6.07, 6.45) is 0.336. The van der Waals surface area contributed by atoms with Crippen LogP contribution >= 0.6 is 34.8 Å². The molecular weight excluding hydrogens is 470 g/mol. The zero-order valence-corrected chi connectivity index (χ0v) is 18.9. The number of ether oxygens (including phenoxy) is 2. The van der Waals surface area contributed by atoms with Crippen LogP contribution in [0.3, 0.4) is 0 Å². The van der Waals surface area contributed by atoms with Gasteiger partial charge in [0.15, 0.2) is 13.2 Å². The molecule has 0 saturated heterocycles. The van der Waals surface area contributed by atoms with Gasteiger partial charge in [-0.15, -0.1) is 0 Å². The lowest BCUT2D eigenvalue weighted by Crippen LogP contribution is -2.34. The predicted octanol–water partition coefficient (Wildman–Crippen LogP) is 4.72. The second-order valence-corrected chi connectivity index (χ2v) is 7.67. The average molecular weight is 490 g/mol. The van der Waals surface area contributed by atoms with Gasteiger partial charge >= 0.3 is 0 Å². The first kappa shape index (κ1) is 24.8. The molecule has 0 aliphatic carbocycles. The molecule has 0 aliphatic rings. The van der Waals surface area contributed by atoms with Gasteiger partial charge in [-0.25, -0.2) is 4.39 Å². The number of amides is 2. The van der Waals surface area contributed by atoms with E-state index in [2.05, 4.69) is 11.9 Å². The van der Waals surface area contributed by atoms with Gasteiger partial charge in [0.2, 0.25) is 0 Å². The molecule has 0 aliphatic heterocycles. The number of hydrogen-bond acceptors (Lipinski definition) is 4. The highest BCUT2D eigenvalue weighted by Gasteiger charge is 2.12. The number of carbonyl (C=O) groups excluding carboxylic acids is 2. The number of benzene rings is 2. The van der Waals surface area contributed by atoms with Crippen molar-refractivity contribution in [1.82, 2.24) is 10.2 Å². The van der Waals surface area contributed by atoms with Crippen molar-refractivity contribution in [2.45, 2.75) is 6.42 Å². The van der Waals surface area contributed by atoms with Crippen molar-refractivity contribution in [2.75, 3.05) is 26.8 Å².